The summed E-state index contributed by atoms with van der Waals surface area (Å²) in [5.74, 6) is -0.174. The van der Waals surface area contributed by atoms with Crippen LogP contribution in [0.3, 0.4) is 0 Å². The van der Waals surface area contributed by atoms with Crippen LogP contribution in [0, 0.1) is 0 Å². The van der Waals surface area contributed by atoms with Gasteiger partial charge in [0.1, 0.15) is 23.0 Å². The fraction of sp³-hybridized carbons (Fsp3) is 0.333. The van der Waals surface area contributed by atoms with Gasteiger partial charge in [0.05, 0.1) is 5.41 Å². The van der Waals surface area contributed by atoms with Crippen LogP contribution in [-0.2, 0) is 5.41 Å². The Labute approximate surface area is 190 Å². The monoisotopic (exact) mass is 435 g/mol. The summed E-state index contributed by atoms with van der Waals surface area (Å²) < 4.78 is 0. The third kappa shape index (κ3) is 4.53. The molecule has 0 aliphatic heterocycles. The third-order valence-electron chi connectivity index (χ3n) is 6.22. The minimum absolute atomic E-state index is 0.0332. The molecule has 3 rings (SSSR count). The van der Waals surface area contributed by atoms with Gasteiger partial charge in [0, 0.05) is 41.9 Å². The zero-order valence-electron chi connectivity index (χ0n) is 19.2. The minimum Gasteiger partial charge on any atom is -0.508 e. The summed E-state index contributed by atoms with van der Waals surface area (Å²) in [6.45, 7) is 9.31. The van der Waals surface area contributed by atoms with E-state index in [9.17, 15) is 20.4 Å². The highest BCUT2D eigenvalue weighted by Crippen LogP contribution is 2.49. The lowest BCUT2D eigenvalue weighted by atomic mass is 9.66. The summed E-state index contributed by atoms with van der Waals surface area (Å²) in [6.07, 6.45) is 0.560. The van der Waals surface area contributed by atoms with E-state index in [0.29, 0.717) is 36.2 Å². The number of rotatable bonds is 8. The van der Waals surface area contributed by atoms with E-state index in [1.807, 2.05) is 30.3 Å². The van der Waals surface area contributed by atoms with Gasteiger partial charge in [-0.3, -0.25) is 4.90 Å². The van der Waals surface area contributed by atoms with Crippen molar-refractivity contribution < 1.29 is 20.4 Å². The first kappa shape index (κ1) is 23.5. The highest BCUT2D eigenvalue weighted by atomic mass is 16.3. The zero-order chi connectivity index (χ0) is 23.5. The molecule has 32 heavy (non-hydrogen) atoms. The average molecular weight is 436 g/mol. The number of aromatic hydroxyl groups is 4. The fourth-order valence-electron chi connectivity index (χ4n) is 4.76. The van der Waals surface area contributed by atoms with Crippen molar-refractivity contribution in [1.29, 1.82) is 0 Å². The Morgan fingerprint density at radius 2 is 1.16 bits per heavy atom. The SMILES string of the molecule is CC(C)N(CCC(c1ccccc1)(c1ccc(O)cc1O)c1ccc(O)cc1O)C(C)C. The normalized spacial score (nSPS) is 12.1. The van der Waals surface area contributed by atoms with Crippen LogP contribution in [0.5, 0.6) is 23.0 Å². The highest BCUT2D eigenvalue weighted by Gasteiger charge is 2.41. The van der Waals surface area contributed by atoms with Crippen molar-refractivity contribution in [1.82, 2.24) is 4.90 Å². The van der Waals surface area contributed by atoms with Crippen molar-refractivity contribution in [3.05, 3.63) is 83.4 Å². The molecule has 0 amide bonds. The van der Waals surface area contributed by atoms with E-state index in [1.165, 1.54) is 12.1 Å². The molecule has 0 saturated carbocycles. The molecule has 0 aliphatic carbocycles. The maximum absolute atomic E-state index is 11.0. The molecule has 0 bridgehead atoms. The predicted molar refractivity (Wildman–Crippen MR) is 127 cm³/mol. The van der Waals surface area contributed by atoms with Crippen LogP contribution >= 0.6 is 0 Å². The predicted octanol–water partition coefficient (Wildman–Crippen LogP) is 5.35. The Morgan fingerprint density at radius 1 is 0.688 bits per heavy atom. The minimum atomic E-state index is -0.918. The number of nitrogens with zero attached hydrogens (tertiary/aromatic N) is 1. The summed E-state index contributed by atoms with van der Waals surface area (Å²) in [7, 11) is 0. The van der Waals surface area contributed by atoms with Crippen molar-refractivity contribution in [3.8, 4) is 23.0 Å². The van der Waals surface area contributed by atoms with E-state index in [1.54, 1.807) is 24.3 Å². The highest BCUT2D eigenvalue weighted by molar-refractivity contribution is 5.60. The van der Waals surface area contributed by atoms with Crippen LogP contribution in [0.4, 0.5) is 0 Å². The molecule has 0 heterocycles. The van der Waals surface area contributed by atoms with E-state index in [4.69, 9.17) is 0 Å². The number of benzene rings is 3. The second-order valence-electron chi connectivity index (χ2n) is 8.85. The summed E-state index contributed by atoms with van der Waals surface area (Å²) >= 11 is 0. The molecular weight excluding hydrogens is 402 g/mol. The second-order valence-corrected chi connectivity index (χ2v) is 8.85. The molecule has 4 N–H and O–H groups in total. The molecule has 0 fully saturated rings. The lowest BCUT2D eigenvalue weighted by molar-refractivity contribution is 0.164. The maximum atomic E-state index is 11.0. The number of phenolic OH excluding ortho intramolecular Hbond substituents is 4. The van der Waals surface area contributed by atoms with Crippen LogP contribution < -0.4 is 0 Å². The lowest BCUT2D eigenvalue weighted by Crippen LogP contribution is -2.41. The van der Waals surface area contributed by atoms with E-state index in [2.05, 4.69) is 32.6 Å². The molecule has 0 radical (unpaired) electrons. The Balaban J connectivity index is 2.32. The number of hydrogen-bond donors (Lipinski definition) is 4. The van der Waals surface area contributed by atoms with Gasteiger partial charge in [-0.05, 0) is 51.8 Å². The van der Waals surface area contributed by atoms with E-state index in [-0.39, 0.29) is 23.0 Å². The van der Waals surface area contributed by atoms with Gasteiger partial charge in [0.15, 0.2) is 0 Å². The van der Waals surface area contributed by atoms with Crippen LogP contribution in [-0.4, -0.2) is 44.0 Å². The molecule has 3 aromatic carbocycles. The summed E-state index contributed by atoms with van der Waals surface area (Å²) in [6, 6.07) is 19.5. The Kier molecular flexibility index (Phi) is 6.99. The molecule has 5 heteroatoms. The Hall–Kier alpha value is -3.18. The van der Waals surface area contributed by atoms with Crippen molar-refractivity contribution in [2.24, 2.45) is 0 Å². The summed E-state index contributed by atoms with van der Waals surface area (Å²) in [4.78, 5) is 2.37. The van der Waals surface area contributed by atoms with Gasteiger partial charge < -0.3 is 20.4 Å². The third-order valence-corrected chi connectivity index (χ3v) is 6.22. The maximum Gasteiger partial charge on any atom is 0.123 e. The van der Waals surface area contributed by atoms with Gasteiger partial charge in [-0.25, -0.2) is 0 Å². The van der Waals surface area contributed by atoms with E-state index in [0.717, 1.165) is 5.56 Å². The van der Waals surface area contributed by atoms with Crippen molar-refractivity contribution in [3.63, 3.8) is 0 Å². The molecule has 0 aliphatic rings. The second kappa shape index (κ2) is 9.53. The number of hydrogen-bond acceptors (Lipinski definition) is 5. The van der Waals surface area contributed by atoms with Crippen LogP contribution in [0.15, 0.2) is 66.7 Å². The Bertz CT molecular complexity index is 987. The quantitative estimate of drug-likeness (QED) is 0.358. The fourth-order valence-corrected chi connectivity index (χ4v) is 4.76. The molecular formula is C27H33NO4. The summed E-state index contributed by atoms with van der Waals surface area (Å²) in [5, 5.41) is 41.8. The van der Waals surface area contributed by atoms with Gasteiger partial charge in [0.25, 0.3) is 0 Å². The van der Waals surface area contributed by atoms with Crippen LogP contribution in [0.2, 0.25) is 0 Å². The largest absolute Gasteiger partial charge is 0.508 e. The lowest BCUT2D eigenvalue weighted by Gasteiger charge is -2.40. The van der Waals surface area contributed by atoms with Crippen molar-refractivity contribution >= 4 is 0 Å². The topological polar surface area (TPSA) is 84.2 Å². The van der Waals surface area contributed by atoms with Crippen LogP contribution in [0.25, 0.3) is 0 Å². The van der Waals surface area contributed by atoms with E-state index >= 15 is 0 Å². The van der Waals surface area contributed by atoms with Gasteiger partial charge in [0.2, 0.25) is 0 Å². The van der Waals surface area contributed by atoms with E-state index < -0.39 is 5.41 Å². The standard InChI is InChI=1S/C27H33NO4/c1-18(2)28(19(3)4)15-14-27(20-8-6-5-7-9-20,23-12-10-21(29)16-25(23)31)24-13-11-22(30)17-26(24)32/h5-13,16-19,29-32H,14-15H2,1-4H3. The molecule has 0 spiro atoms. The van der Waals surface area contributed by atoms with Gasteiger partial charge in [-0.2, -0.15) is 0 Å². The molecule has 0 atom stereocenters. The number of phenols is 4. The van der Waals surface area contributed by atoms with Crippen LogP contribution in [0.1, 0.15) is 50.8 Å². The smallest absolute Gasteiger partial charge is 0.123 e. The molecule has 170 valence electrons. The van der Waals surface area contributed by atoms with Gasteiger partial charge in [-0.1, -0.05) is 42.5 Å². The first-order valence-corrected chi connectivity index (χ1v) is 11.0. The first-order valence-electron chi connectivity index (χ1n) is 11.0. The molecule has 3 aromatic rings. The summed E-state index contributed by atoms with van der Waals surface area (Å²) in [5.41, 5.74) is 1.14. The van der Waals surface area contributed by atoms with Gasteiger partial charge >= 0.3 is 0 Å². The van der Waals surface area contributed by atoms with Gasteiger partial charge in [-0.15, -0.1) is 0 Å². The molecule has 0 saturated heterocycles. The molecule has 0 aromatic heterocycles. The molecule has 5 nitrogen and oxygen atoms in total. The average Bonchev–Trinajstić information content (AvgIpc) is 2.72. The Morgan fingerprint density at radius 3 is 1.56 bits per heavy atom. The molecule has 0 unspecified atom stereocenters. The van der Waals surface area contributed by atoms with Crippen molar-refractivity contribution in [2.45, 2.75) is 51.6 Å². The first-order chi connectivity index (χ1) is 15.2. The van der Waals surface area contributed by atoms with Crippen molar-refractivity contribution in [2.75, 3.05) is 6.54 Å². The zero-order valence-corrected chi connectivity index (χ0v) is 19.2.